The molecule has 6 rings (SSSR count). The molecule has 8 nitrogen and oxygen atoms in total. The molecule has 1 aliphatic heterocycles. The Morgan fingerprint density at radius 1 is 0.959 bits per heavy atom. The molecule has 0 bridgehead atoms. The van der Waals surface area contributed by atoms with Crippen LogP contribution in [0.4, 0.5) is 11.4 Å². The number of nitrogens with zero attached hydrogens (tertiary/aromatic N) is 3. The zero-order chi connectivity index (χ0) is 34.4. The van der Waals surface area contributed by atoms with E-state index >= 15 is 0 Å². The second-order valence-electron chi connectivity index (χ2n) is 13.4. The Bertz CT molecular complexity index is 1810. The van der Waals surface area contributed by atoms with Crippen molar-refractivity contribution >= 4 is 46.4 Å². The fraction of sp³-hybridized carbons (Fsp3) is 0.308. The maximum atomic E-state index is 12.9. The quantitative estimate of drug-likeness (QED) is 0.0951. The number of carbonyl (C=O) groups excluding carboxylic acids is 1. The highest BCUT2D eigenvalue weighted by Gasteiger charge is 2.29. The Labute approximate surface area is 297 Å². The molecule has 1 fully saturated rings. The Morgan fingerprint density at radius 3 is 2.37 bits per heavy atom. The molecule has 4 aromatic carbocycles. The van der Waals surface area contributed by atoms with Gasteiger partial charge in [-0.2, -0.15) is 0 Å². The summed E-state index contributed by atoms with van der Waals surface area (Å²) in [4.78, 5) is 30.0. The lowest BCUT2D eigenvalue weighted by atomic mass is 9.72. The number of rotatable bonds is 11. The molecule has 1 saturated heterocycles. The number of halogens is 1. The SMILES string of the molecule is CC1(C)CCC(CN2CCN(c3ccc(SNC(=O)c4ccc(COc5ccccc5)c([N+](=O)[O-])c4)cc3)CC2)=C(c2ccc(Cl)cc2)C1. The van der Waals surface area contributed by atoms with E-state index in [9.17, 15) is 14.9 Å². The van der Waals surface area contributed by atoms with Gasteiger partial charge in [-0.1, -0.05) is 61.4 Å². The van der Waals surface area contributed by atoms with Crippen LogP contribution in [0.5, 0.6) is 5.75 Å². The van der Waals surface area contributed by atoms with Crippen LogP contribution in [-0.2, 0) is 6.61 Å². The summed E-state index contributed by atoms with van der Waals surface area (Å²) in [6, 6.07) is 30.0. The number of hydrogen-bond acceptors (Lipinski definition) is 7. The molecule has 4 aromatic rings. The summed E-state index contributed by atoms with van der Waals surface area (Å²) < 4.78 is 8.50. The van der Waals surface area contributed by atoms with Crippen LogP contribution in [0.2, 0.25) is 5.02 Å². The van der Waals surface area contributed by atoms with Crippen molar-refractivity contribution in [3.05, 3.63) is 134 Å². The lowest BCUT2D eigenvalue weighted by Crippen LogP contribution is -2.47. The number of allylic oxidation sites excluding steroid dienone is 1. The van der Waals surface area contributed by atoms with Crippen LogP contribution in [0, 0.1) is 15.5 Å². The molecule has 0 spiro atoms. The van der Waals surface area contributed by atoms with E-state index in [0.29, 0.717) is 16.7 Å². The number of amides is 1. The summed E-state index contributed by atoms with van der Waals surface area (Å²) in [6.07, 6.45) is 3.43. The van der Waals surface area contributed by atoms with Gasteiger partial charge in [0.2, 0.25) is 0 Å². The van der Waals surface area contributed by atoms with E-state index in [-0.39, 0.29) is 17.9 Å². The standard InChI is InChI=1S/C39H41ClN4O4S/c1-39(2)19-18-30(36(25-39)28-10-12-32(40)13-11-28)26-42-20-22-43(23-21-42)33-14-16-35(17-15-33)49-41-38(45)29-8-9-31(37(24-29)44(46)47)27-48-34-6-4-3-5-7-34/h3-17,24H,18-23,25-27H2,1-2H3,(H,41,45). The number of nitro benzene ring substituents is 1. The molecule has 10 heteroatoms. The fourth-order valence-corrected chi connectivity index (χ4v) is 7.19. The first-order chi connectivity index (χ1) is 23.6. The maximum Gasteiger partial charge on any atom is 0.276 e. The number of hydrogen-bond donors (Lipinski definition) is 1. The van der Waals surface area contributed by atoms with E-state index in [1.807, 2.05) is 42.5 Å². The van der Waals surface area contributed by atoms with Gasteiger partial charge in [0.15, 0.2) is 0 Å². The van der Waals surface area contributed by atoms with Crippen LogP contribution in [0.3, 0.4) is 0 Å². The minimum absolute atomic E-state index is 0.0280. The normalized spacial score (nSPS) is 16.3. The van der Waals surface area contributed by atoms with E-state index in [2.05, 4.69) is 52.6 Å². The molecular formula is C39H41ClN4O4S. The lowest BCUT2D eigenvalue weighted by molar-refractivity contribution is -0.385. The molecular weight excluding hydrogens is 656 g/mol. The lowest BCUT2D eigenvalue weighted by Gasteiger charge is -2.39. The number of nitro groups is 1. The Morgan fingerprint density at radius 2 is 1.67 bits per heavy atom. The van der Waals surface area contributed by atoms with Crippen LogP contribution >= 0.6 is 23.5 Å². The zero-order valence-corrected chi connectivity index (χ0v) is 29.4. The molecule has 49 heavy (non-hydrogen) atoms. The number of anilines is 1. The van der Waals surface area contributed by atoms with E-state index < -0.39 is 10.8 Å². The van der Waals surface area contributed by atoms with Crippen molar-refractivity contribution in [2.24, 2.45) is 5.41 Å². The van der Waals surface area contributed by atoms with Gasteiger partial charge in [0.05, 0.1) is 10.5 Å². The number of ether oxygens (including phenoxy) is 1. The van der Waals surface area contributed by atoms with Crippen LogP contribution in [-0.4, -0.2) is 48.5 Å². The van der Waals surface area contributed by atoms with Gasteiger partial charge in [0.1, 0.15) is 12.4 Å². The molecule has 1 amide bonds. The number of nitrogens with one attached hydrogen (secondary N) is 1. The Kier molecular flexibility index (Phi) is 10.9. The molecule has 1 aliphatic carbocycles. The van der Waals surface area contributed by atoms with E-state index in [4.69, 9.17) is 16.3 Å². The molecule has 0 atom stereocenters. The van der Waals surface area contributed by atoms with Crippen molar-refractivity contribution in [3.8, 4) is 5.75 Å². The molecule has 1 N–H and O–H groups in total. The van der Waals surface area contributed by atoms with Crippen molar-refractivity contribution in [1.82, 2.24) is 9.62 Å². The Balaban J connectivity index is 1.01. The van der Waals surface area contributed by atoms with Crippen LogP contribution in [0.15, 0.2) is 108 Å². The van der Waals surface area contributed by atoms with Crippen molar-refractivity contribution in [1.29, 1.82) is 0 Å². The van der Waals surface area contributed by atoms with Crippen molar-refractivity contribution in [3.63, 3.8) is 0 Å². The zero-order valence-electron chi connectivity index (χ0n) is 27.9. The average Bonchev–Trinajstić information content (AvgIpc) is 3.11. The first kappa shape index (κ1) is 34.5. The van der Waals surface area contributed by atoms with Gasteiger partial charge in [-0.25, -0.2) is 0 Å². The van der Waals surface area contributed by atoms with E-state index in [0.717, 1.165) is 61.2 Å². The minimum Gasteiger partial charge on any atom is -0.489 e. The summed E-state index contributed by atoms with van der Waals surface area (Å²) in [5, 5.41) is 12.5. The number of para-hydroxylation sites is 1. The molecule has 1 heterocycles. The summed E-state index contributed by atoms with van der Waals surface area (Å²) >= 11 is 7.38. The molecule has 2 aliphatic rings. The molecule has 0 saturated carbocycles. The summed E-state index contributed by atoms with van der Waals surface area (Å²) in [6.45, 7) is 9.66. The summed E-state index contributed by atoms with van der Waals surface area (Å²) in [5.41, 5.74) is 6.25. The highest BCUT2D eigenvalue weighted by atomic mass is 35.5. The maximum absolute atomic E-state index is 12.9. The van der Waals surface area contributed by atoms with E-state index in [1.54, 1.807) is 29.8 Å². The van der Waals surface area contributed by atoms with Crippen LogP contribution in [0.25, 0.3) is 5.57 Å². The molecule has 0 unspecified atom stereocenters. The highest BCUT2D eigenvalue weighted by molar-refractivity contribution is 7.98. The topological polar surface area (TPSA) is 88.0 Å². The minimum atomic E-state index is -0.487. The predicted octanol–water partition coefficient (Wildman–Crippen LogP) is 9.05. The summed E-state index contributed by atoms with van der Waals surface area (Å²) in [5.74, 6) is 0.212. The fourth-order valence-electron chi connectivity index (χ4n) is 6.46. The number of piperazine rings is 1. The first-order valence-corrected chi connectivity index (χ1v) is 17.8. The number of carbonyl (C=O) groups is 1. The third kappa shape index (κ3) is 9.03. The monoisotopic (exact) mass is 696 g/mol. The van der Waals surface area contributed by atoms with Gasteiger partial charge in [-0.3, -0.25) is 24.5 Å². The molecule has 0 aromatic heterocycles. The first-order valence-electron chi connectivity index (χ1n) is 16.6. The third-order valence-electron chi connectivity index (χ3n) is 9.31. The van der Waals surface area contributed by atoms with Crippen molar-refractivity contribution < 1.29 is 14.5 Å². The van der Waals surface area contributed by atoms with Crippen LogP contribution < -0.4 is 14.4 Å². The predicted molar refractivity (Wildman–Crippen MR) is 198 cm³/mol. The molecule has 254 valence electrons. The van der Waals surface area contributed by atoms with Crippen molar-refractivity contribution in [2.75, 3.05) is 37.6 Å². The van der Waals surface area contributed by atoms with Gasteiger partial charge in [-0.15, -0.1) is 0 Å². The van der Waals surface area contributed by atoms with Crippen molar-refractivity contribution in [2.45, 2.75) is 44.6 Å². The highest BCUT2D eigenvalue weighted by Crippen LogP contribution is 2.43. The van der Waals surface area contributed by atoms with Gasteiger partial charge in [-0.05, 0) is 108 Å². The molecule has 0 radical (unpaired) electrons. The second-order valence-corrected chi connectivity index (χ2v) is 14.7. The number of benzene rings is 4. The summed E-state index contributed by atoms with van der Waals surface area (Å²) in [7, 11) is 0. The third-order valence-corrected chi connectivity index (χ3v) is 10.4. The average molecular weight is 697 g/mol. The van der Waals surface area contributed by atoms with Gasteiger partial charge in [0.25, 0.3) is 11.6 Å². The smallest absolute Gasteiger partial charge is 0.276 e. The Hall–Kier alpha value is -4.31. The second kappa shape index (κ2) is 15.5. The van der Waals surface area contributed by atoms with Gasteiger partial charge in [0, 0.05) is 60.0 Å². The van der Waals surface area contributed by atoms with Gasteiger partial charge < -0.3 is 9.64 Å². The van der Waals surface area contributed by atoms with Gasteiger partial charge >= 0.3 is 0 Å². The van der Waals surface area contributed by atoms with E-state index in [1.165, 1.54) is 35.6 Å². The van der Waals surface area contributed by atoms with Crippen LogP contribution in [0.1, 0.15) is 54.6 Å². The largest absolute Gasteiger partial charge is 0.489 e.